The number of fused-ring (bicyclic) bond motifs is 1. The lowest BCUT2D eigenvalue weighted by Gasteiger charge is -2.04. The Morgan fingerprint density at radius 3 is 2.80 bits per heavy atom. The first-order chi connectivity index (χ1) is 9.54. The highest BCUT2D eigenvalue weighted by atomic mass is 16.6. The lowest BCUT2D eigenvalue weighted by atomic mass is 10.1. The fourth-order valence-corrected chi connectivity index (χ4v) is 2.01. The Morgan fingerprint density at radius 2 is 2.15 bits per heavy atom. The predicted octanol–water partition coefficient (Wildman–Crippen LogP) is 2.25. The van der Waals surface area contributed by atoms with Crippen LogP contribution in [0.1, 0.15) is 0 Å². The molecule has 0 unspecified atom stereocenters. The summed E-state index contributed by atoms with van der Waals surface area (Å²) in [4.78, 5) is 14.6. The Hall–Kier alpha value is -2.96. The number of benzene rings is 1. The summed E-state index contributed by atoms with van der Waals surface area (Å²) in [5, 5.41) is 25.2. The maximum Gasteiger partial charge on any atom is 0.270 e. The van der Waals surface area contributed by atoms with Gasteiger partial charge in [0.15, 0.2) is 0 Å². The molecule has 0 aliphatic rings. The second-order valence-corrected chi connectivity index (χ2v) is 4.39. The fraction of sp³-hybridized carbons (Fsp3) is 0.0769. The molecule has 7 nitrogen and oxygen atoms in total. The van der Waals surface area contributed by atoms with Crippen LogP contribution >= 0.6 is 0 Å². The van der Waals surface area contributed by atoms with E-state index in [9.17, 15) is 15.2 Å². The van der Waals surface area contributed by atoms with Crippen LogP contribution in [0.5, 0.6) is 5.75 Å². The molecule has 0 radical (unpaired) electrons. The third-order valence-corrected chi connectivity index (χ3v) is 2.98. The Balaban J connectivity index is 2.20. The number of non-ortho nitro benzene ring substituents is 1. The maximum absolute atomic E-state index is 10.7. The number of aromatic nitrogens is 3. The third-order valence-electron chi connectivity index (χ3n) is 2.98. The van der Waals surface area contributed by atoms with Gasteiger partial charge in [0.1, 0.15) is 5.75 Å². The van der Waals surface area contributed by atoms with Crippen molar-refractivity contribution in [3.63, 3.8) is 0 Å². The van der Waals surface area contributed by atoms with Crippen molar-refractivity contribution >= 4 is 16.6 Å². The quantitative estimate of drug-likeness (QED) is 0.569. The second-order valence-electron chi connectivity index (χ2n) is 4.39. The number of nitrogens with zero attached hydrogens (tertiary/aromatic N) is 4. The molecule has 0 aliphatic carbocycles. The summed E-state index contributed by atoms with van der Waals surface area (Å²) in [6, 6.07) is 5.67. The molecule has 0 atom stereocenters. The van der Waals surface area contributed by atoms with Gasteiger partial charge in [-0.2, -0.15) is 5.10 Å². The zero-order valence-corrected chi connectivity index (χ0v) is 10.5. The average molecular weight is 270 g/mol. The Kier molecular flexibility index (Phi) is 2.60. The van der Waals surface area contributed by atoms with Crippen molar-refractivity contribution in [3.05, 3.63) is 46.8 Å². The molecule has 1 N–H and O–H groups in total. The SMILES string of the molecule is Cn1cc(-c2cc(O)c3cc([N+](=O)[O-])ccc3n2)cn1. The van der Waals surface area contributed by atoms with E-state index >= 15 is 0 Å². The molecule has 7 heteroatoms. The lowest BCUT2D eigenvalue weighted by molar-refractivity contribution is -0.384. The van der Waals surface area contributed by atoms with Crippen LogP contribution in [0.4, 0.5) is 5.69 Å². The van der Waals surface area contributed by atoms with Crippen LogP contribution in [-0.4, -0.2) is 24.8 Å². The van der Waals surface area contributed by atoms with Crippen LogP contribution in [-0.2, 0) is 7.05 Å². The molecular formula is C13H10N4O3. The van der Waals surface area contributed by atoms with Crippen LogP contribution in [0.2, 0.25) is 0 Å². The number of pyridine rings is 1. The van der Waals surface area contributed by atoms with Gasteiger partial charge in [0.25, 0.3) is 5.69 Å². The standard InChI is InChI=1S/C13H10N4O3/c1-16-7-8(6-14-16)12-5-13(18)10-4-9(17(19)20)2-3-11(10)15-12/h2-7H,1H3,(H,15,18). The molecule has 100 valence electrons. The molecule has 20 heavy (non-hydrogen) atoms. The molecule has 0 fully saturated rings. The molecule has 3 aromatic rings. The molecule has 0 saturated heterocycles. The average Bonchev–Trinajstić information content (AvgIpc) is 2.85. The monoisotopic (exact) mass is 270 g/mol. The highest BCUT2D eigenvalue weighted by Crippen LogP contribution is 2.31. The van der Waals surface area contributed by atoms with Gasteiger partial charge in [-0.3, -0.25) is 14.8 Å². The molecule has 3 rings (SSSR count). The molecule has 0 bridgehead atoms. The van der Waals surface area contributed by atoms with Crippen LogP contribution in [0.3, 0.4) is 0 Å². The van der Waals surface area contributed by atoms with Crippen molar-refractivity contribution in [2.75, 3.05) is 0 Å². The van der Waals surface area contributed by atoms with Crippen LogP contribution in [0, 0.1) is 10.1 Å². The minimum absolute atomic E-state index is 0.0439. The van der Waals surface area contributed by atoms with Crippen LogP contribution in [0.25, 0.3) is 22.2 Å². The van der Waals surface area contributed by atoms with Crippen molar-refractivity contribution in [2.24, 2.45) is 7.05 Å². The summed E-state index contributed by atoms with van der Waals surface area (Å²) in [5.74, 6) is -0.0439. The highest BCUT2D eigenvalue weighted by Gasteiger charge is 2.12. The van der Waals surface area contributed by atoms with E-state index in [1.165, 1.54) is 24.3 Å². The largest absolute Gasteiger partial charge is 0.507 e. The first-order valence-corrected chi connectivity index (χ1v) is 5.82. The van der Waals surface area contributed by atoms with Gasteiger partial charge in [-0.05, 0) is 6.07 Å². The molecule has 2 aromatic heterocycles. The number of nitro groups is 1. The summed E-state index contributed by atoms with van der Waals surface area (Å²) in [6.07, 6.45) is 3.41. The topological polar surface area (TPSA) is 94.1 Å². The van der Waals surface area contributed by atoms with E-state index in [0.717, 1.165) is 5.56 Å². The smallest absolute Gasteiger partial charge is 0.270 e. The maximum atomic E-state index is 10.7. The number of aromatic hydroxyl groups is 1. The first-order valence-electron chi connectivity index (χ1n) is 5.82. The summed E-state index contributed by atoms with van der Waals surface area (Å²) < 4.78 is 1.63. The first kappa shape index (κ1) is 12.1. The molecule has 1 aromatic carbocycles. The number of aryl methyl sites for hydroxylation is 1. The molecular weight excluding hydrogens is 260 g/mol. The minimum Gasteiger partial charge on any atom is -0.507 e. The lowest BCUT2D eigenvalue weighted by Crippen LogP contribution is -1.90. The van der Waals surface area contributed by atoms with E-state index in [0.29, 0.717) is 16.6 Å². The van der Waals surface area contributed by atoms with Crippen molar-refractivity contribution in [3.8, 4) is 17.0 Å². The van der Waals surface area contributed by atoms with Gasteiger partial charge in [-0.1, -0.05) is 0 Å². The number of rotatable bonds is 2. The predicted molar refractivity (Wildman–Crippen MR) is 72.3 cm³/mol. The summed E-state index contributed by atoms with van der Waals surface area (Å²) in [5.41, 5.74) is 1.75. The molecule has 0 aliphatic heterocycles. The van der Waals surface area contributed by atoms with E-state index in [2.05, 4.69) is 10.1 Å². The van der Waals surface area contributed by atoms with Gasteiger partial charge in [0, 0.05) is 42.4 Å². The fourth-order valence-electron chi connectivity index (χ4n) is 2.01. The van der Waals surface area contributed by atoms with Crippen molar-refractivity contribution in [1.82, 2.24) is 14.8 Å². The van der Waals surface area contributed by atoms with E-state index in [4.69, 9.17) is 0 Å². The number of hydrogen-bond donors (Lipinski definition) is 1. The summed E-state index contributed by atoms with van der Waals surface area (Å²) >= 11 is 0. The normalized spacial score (nSPS) is 10.8. The van der Waals surface area contributed by atoms with Gasteiger partial charge in [0.2, 0.25) is 0 Å². The molecule has 0 spiro atoms. The van der Waals surface area contributed by atoms with Gasteiger partial charge in [-0.25, -0.2) is 4.98 Å². The van der Waals surface area contributed by atoms with E-state index in [-0.39, 0.29) is 11.4 Å². The summed E-state index contributed by atoms with van der Waals surface area (Å²) in [6.45, 7) is 0. The van der Waals surface area contributed by atoms with Gasteiger partial charge < -0.3 is 5.11 Å². The zero-order valence-electron chi connectivity index (χ0n) is 10.5. The van der Waals surface area contributed by atoms with E-state index < -0.39 is 4.92 Å². The van der Waals surface area contributed by atoms with Gasteiger partial charge >= 0.3 is 0 Å². The second kappa shape index (κ2) is 4.30. The van der Waals surface area contributed by atoms with Crippen molar-refractivity contribution in [1.29, 1.82) is 0 Å². The Labute approximate surface area is 113 Å². The Bertz CT molecular complexity index is 826. The molecule has 0 amide bonds. The Morgan fingerprint density at radius 1 is 1.35 bits per heavy atom. The number of nitro benzene ring substituents is 1. The van der Waals surface area contributed by atoms with E-state index in [1.807, 2.05) is 0 Å². The highest BCUT2D eigenvalue weighted by molar-refractivity contribution is 5.89. The molecule has 0 saturated carbocycles. The van der Waals surface area contributed by atoms with E-state index in [1.54, 1.807) is 24.1 Å². The van der Waals surface area contributed by atoms with Crippen LogP contribution < -0.4 is 0 Å². The minimum atomic E-state index is -0.506. The van der Waals surface area contributed by atoms with Crippen LogP contribution in [0.15, 0.2) is 36.7 Å². The molecule has 2 heterocycles. The van der Waals surface area contributed by atoms with Gasteiger partial charge in [0.05, 0.1) is 22.3 Å². The van der Waals surface area contributed by atoms with Gasteiger partial charge in [-0.15, -0.1) is 0 Å². The summed E-state index contributed by atoms with van der Waals surface area (Å²) in [7, 11) is 1.79. The van der Waals surface area contributed by atoms with Crippen molar-refractivity contribution in [2.45, 2.75) is 0 Å². The number of hydrogen-bond acceptors (Lipinski definition) is 5. The van der Waals surface area contributed by atoms with Crippen molar-refractivity contribution < 1.29 is 10.0 Å². The zero-order chi connectivity index (χ0) is 14.3. The third kappa shape index (κ3) is 1.95.